The second-order valence-corrected chi connectivity index (χ2v) is 4.50. The Morgan fingerprint density at radius 2 is 2.07 bits per heavy atom. The predicted molar refractivity (Wildman–Crippen MR) is 51.5 cm³/mol. The van der Waals surface area contributed by atoms with Gasteiger partial charge in [-0.05, 0) is 23.9 Å². The van der Waals surface area contributed by atoms with Crippen molar-refractivity contribution in [3.05, 3.63) is 23.7 Å². The minimum absolute atomic E-state index is 0.121. The molecule has 0 saturated heterocycles. The van der Waals surface area contributed by atoms with E-state index in [2.05, 4.69) is 4.98 Å². The first-order chi connectivity index (χ1) is 6.56. The van der Waals surface area contributed by atoms with Gasteiger partial charge in [-0.15, -0.1) is 11.3 Å². The summed E-state index contributed by atoms with van der Waals surface area (Å²) in [5.74, 6) is 0. The van der Waals surface area contributed by atoms with Crippen molar-refractivity contribution in [3.63, 3.8) is 0 Å². The van der Waals surface area contributed by atoms with Crippen molar-refractivity contribution in [3.8, 4) is 0 Å². The van der Waals surface area contributed by atoms with Gasteiger partial charge in [0.05, 0.1) is 15.7 Å². The zero-order chi connectivity index (χ0) is 10.2. The molecule has 2 aromatic rings. The fourth-order valence-electron chi connectivity index (χ4n) is 1.07. The quantitative estimate of drug-likeness (QED) is 0.695. The van der Waals surface area contributed by atoms with Crippen LogP contribution in [0, 0.1) is 0 Å². The summed E-state index contributed by atoms with van der Waals surface area (Å²) in [5.41, 5.74) is -2.27. The Morgan fingerprint density at radius 3 is 2.79 bits per heavy atom. The van der Waals surface area contributed by atoms with Gasteiger partial charge >= 0.3 is 5.51 Å². The Bertz CT molecular complexity index is 449. The zero-order valence-electron chi connectivity index (χ0n) is 6.71. The van der Waals surface area contributed by atoms with Gasteiger partial charge in [-0.25, -0.2) is 4.98 Å². The molecule has 0 atom stereocenters. The highest BCUT2D eigenvalue weighted by molar-refractivity contribution is 8.00. The van der Waals surface area contributed by atoms with Gasteiger partial charge in [0.25, 0.3) is 0 Å². The monoisotopic (exact) mass is 235 g/mol. The Kier molecular flexibility index (Phi) is 2.40. The van der Waals surface area contributed by atoms with E-state index in [0.29, 0.717) is 5.52 Å². The van der Waals surface area contributed by atoms with E-state index in [4.69, 9.17) is 0 Å². The molecule has 0 spiro atoms. The van der Waals surface area contributed by atoms with E-state index in [0.717, 1.165) is 4.70 Å². The van der Waals surface area contributed by atoms with Crippen LogP contribution in [-0.2, 0) is 0 Å². The van der Waals surface area contributed by atoms with Gasteiger partial charge in [-0.1, -0.05) is 6.07 Å². The highest BCUT2D eigenvalue weighted by Crippen LogP contribution is 2.40. The van der Waals surface area contributed by atoms with Crippen LogP contribution >= 0.6 is 23.1 Å². The summed E-state index contributed by atoms with van der Waals surface area (Å²) in [6.07, 6.45) is 0. The lowest BCUT2D eigenvalue weighted by molar-refractivity contribution is -0.0327. The number of thiazole rings is 1. The third kappa shape index (κ3) is 2.01. The molecule has 1 heterocycles. The average molecular weight is 235 g/mol. The predicted octanol–water partition coefficient (Wildman–Crippen LogP) is 3.91. The van der Waals surface area contributed by atoms with Crippen LogP contribution in [-0.4, -0.2) is 10.5 Å². The summed E-state index contributed by atoms with van der Waals surface area (Å²) in [4.78, 5) is 4.06. The number of rotatable bonds is 1. The fourth-order valence-corrected chi connectivity index (χ4v) is 2.49. The first-order valence-electron chi connectivity index (χ1n) is 3.64. The molecule has 0 aliphatic carbocycles. The molecule has 2 rings (SSSR count). The van der Waals surface area contributed by atoms with E-state index >= 15 is 0 Å². The van der Waals surface area contributed by atoms with E-state index in [1.165, 1.54) is 17.4 Å². The van der Waals surface area contributed by atoms with E-state index in [9.17, 15) is 13.2 Å². The first kappa shape index (κ1) is 9.79. The van der Waals surface area contributed by atoms with E-state index in [-0.39, 0.29) is 16.7 Å². The molecule has 0 saturated carbocycles. The summed E-state index contributed by atoms with van der Waals surface area (Å²) in [6, 6.07) is 4.79. The molecule has 74 valence electrons. The lowest BCUT2D eigenvalue weighted by Crippen LogP contribution is -1.99. The fraction of sp³-hybridized carbons (Fsp3) is 0.125. The van der Waals surface area contributed by atoms with Crippen LogP contribution in [0.25, 0.3) is 10.2 Å². The molecule has 6 heteroatoms. The molecule has 0 unspecified atom stereocenters. The number of alkyl halides is 3. The number of halogens is 3. The third-order valence-electron chi connectivity index (χ3n) is 1.55. The average Bonchev–Trinajstić information content (AvgIpc) is 2.49. The number of nitrogens with zero attached hydrogens (tertiary/aromatic N) is 1. The van der Waals surface area contributed by atoms with Crippen molar-refractivity contribution in [2.24, 2.45) is 0 Å². The van der Waals surface area contributed by atoms with Crippen molar-refractivity contribution < 1.29 is 13.2 Å². The van der Waals surface area contributed by atoms with E-state index in [1.54, 1.807) is 17.6 Å². The lowest BCUT2D eigenvalue weighted by Gasteiger charge is -2.05. The number of thioether (sulfide) groups is 1. The topological polar surface area (TPSA) is 12.9 Å². The number of benzene rings is 1. The Hall–Kier alpha value is -0.750. The van der Waals surface area contributed by atoms with Gasteiger partial charge in [0.2, 0.25) is 0 Å². The molecule has 0 N–H and O–H groups in total. The van der Waals surface area contributed by atoms with Crippen molar-refractivity contribution in [1.29, 1.82) is 0 Å². The molecule has 0 radical (unpaired) electrons. The van der Waals surface area contributed by atoms with Gasteiger partial charge in [0.15, 0.2) is 0 Å². The zero-order valence-corrected chi connectivity index (χ0v) is 8.34. The van der Waals surface area contributed by atoms with Crippen LogP contribution in [0.5, 0.6) is 0 Å². The molecule has 1 aromatic heterocycles. The molecule has 0 fully saturated rings. The number of aromatic nitrogens is 1. The molecule has 0 aliphatic rings. The summed E-state index contributed by atoms with van der Waals surface area (Å²) in [6.45, 7) is 0. The summed E-state index contributed by atoms with van der Waals surface area (Å²) in [7, 11) is 0. The van der Waals surface area contributed by atoms with Crippen LogP contribution in [0.15, 0.2) is 28.6 Å². The van der Waals surface area contributed by atoms with Gasteiger partial charge in [-0.2, -0.15) is 13.2 Å². The maximum atomic E-state index is 12.1. The number of fused-ring (bicyclic) bond motifs is 1. The number of hydrogen-bond donors (Lipinski definition) is 0. The second kappa shape index (κ2) is 3.43. The molecular weight excluding hydrogens is 231 g/mol. The van der Waals surface area contributed by atoms with Crippen LogP contribution in [0.4, 0.5) is 13.2 Å². The largest absolute Gasteiger partial charge is 0.446 e. The molecule has 0 amide bonds. The number of hydrogen-bond acceptors (Lipinski definition) is 3. The lowest BCUT2D eigenvalue weighted by atomic mass is 10.3. The Morgan fingerprint density at radius 1 is 1.29 bits per heavy atom. The van der Waals surface area contributed by atoms with Gasteiger partial charge in [0.1, 0.15) is 0 Å². The van der Waals surface area contributed by atoms with Crippen molar-refractivity contribution in [2.45, 2.75) is 10.4 Å². The summed E-state index contributed by atoms with van der Waals surface area (Å²) >= 11 is 1.21. The van der Waals surface area contributed by atoms with Gasteiger partial charge in [-0.3, -0.25) is 0 Å². The summed E-state index contributed by atoms with van der Waals surface area (Å²) in [5, 5.41) is 0. The molecule has 0 aliphatic heterocycles. The van der Waals surface area contributed by atoms with Crippen LogP contribution in [0.1, 0.15) is 0 Å². The van der Waals surface area contributed by atoms with Crippen molar-refractivity contribution in [1.82, 2.24) is 4.98 Å². The van der Waals surface area contributed by atoms with Crippen LogP contribution < -0.4 is 0 Å². The van der Waals surface area contributed by atoms with E-state index < -0.39 is 5.51 Å². The van der Waals surface area contributed by atoms with Gasteiger partial charge < -0.3 is 0 Å². The normalized spacial score (nSPS) is 12.2. The highest BCUT2D eigenvalue weighted by Gasteiger charge is 2.30. The highest BCUT2D eigenvalue weighted by atomic mass is 32.2. The van der Waals surface area contributed by atoms with Crippen LogP contribution in [0.2, 0.25) is 0 Å². The molecule has 1 nitrogen and oxygen atoms in total. The minimum atomic E-state index is -4.25. The SMILES string of the molecule is FC(F)(F)Sc1cccc2scnc12. The van der Waals surface area contributed by atoms with Crippen molar-refractivity contribution in [2.75, 3.05) is 0 Å². The Balaban J connectivity index is 2.46. The van der Waals surface area contributed by atoms with Crippen LogP contribution in [0.3, 0.4) is 0 Å². The first-order valence-corrected chi connectivity index (χ1v) is 5.34. The third-order valence-corrected chi connectivity index (χ3v) is 3.12. The van der Waals surface area contributed by atoms with Gasteiger partial charge in [0, 0.05) is 4.90 Å². The molecular formula is C8H4F3NS2. The minimum Gasteiger partial charge on any atom is -0.243 e. The maximum absolute atomic E-state index is 12.1. The molecule has 0 bridgehead atoms. The van der Waals surface area contributed by atoms with Crippen molar-refractivity contribution >= 4 is 33.3 Å². The molecule has 14 heavy (non-hydrogen) atoms. The maximum Gasteiger partial charge on any atom is 0.446 e. The Labute approximate surface area is 86.0 Å². The smallest absolute Gasteiger partial charge is 0.243 e. The second-order valence-electron chi connectivity index (χ2n) is 2.50. The standard InChI is InChI=1S/C8H4F3NS2/c9-8(10,11)14-6-3-1-2-5-7(6)12-4-13-5/h1-4H. The molecule has 1 aromatic carbocycles. The summed E-state index contributed by atoms with van der Waals surface area (Å²) < 4.78 is 37.1. The van der Waals surface area contributed by atoms with E-state index in [1.807, 2.05) is 0 Å². The number of para-hydroxylation sites is 1.